The Morgan fingerprint density at radius 3 is 2.82 bits per heavy atom. The summed E-state index contributed by atoms with van der Waals surface area (Å²) >= 11 is 3.40. The molecular weight excluding hydrogens is 278 g/mol. The summed E-state index contributed by atoms with van der Waals surface area (Å²) in [4.78, 5) is 8.77. The molecule has 0 aliphatic heterocycles. The Hall–Kier alpha value is -1.42. The summed E-state index contributed by atoms with van der Waals surface area (Å²) in [6, 6.07) is 8.06. The molecule has 3 nitrogen and oxygen atoms in total. The minimum Gasteiger partial charge on any atom is -0.364 e. The van der Waals surface area contributed by atoms with E-state index in [-0.39, 0.29) is 0 Å². The number of nitrogens with zero attached hydrogens (tertiary/aromatic N) is 2. The van der Waals surface area contributed by atoms with Crippen LogP contribution in [0.5, 0.6) is 0 Å². The van der Waals surface area contributed by atoms with Crippen LogP contribution in [0.15, 0.2) is 34.9 Å². The minimum atomic E-state index is 0.692. The number of hydrogen-bond donors (Lipinski definition) is 1. The first-order valence-electron chi connectivity index (χ1n) is 5.44. The highest BCUT2D eigenvalue weighted by molar-refractivity contribution is 9.10. The van der Waals surface area contributed by atoms with E-state index in [4.69, 9.17) is 0 Å². The third-order valence-corrected chi connectivity index (χ3v) is 2.86. The van der Waals surface area contributed by atoms with Gasteiger partial charge in [-0.15, -0.1) is 0 Å². The average molecular weight is 292 g/mol. The lowest BCUT2D eigenvalue weighted by Crippen LogP contribution is -2.05. The van der Waals surface area contributed by atoms with Gasteiger partial charge >= 0.3 is 0 Å². The summed E-state index contributed by atoms with van der Waals surface area (Å²) in [5, 5.41) is 3.29. The topological polar surface area (TPSA) is 37.8 Å². The Kier molecular flexibility index (Phi) is 3.74. The summed E-state index contributed by atoms with van der Waals surface area (Å²) in [7, 11) is 0. The van der Waals surface area contributed by atoms with E-state index in [1.165, 1.54) is 0 Å². The van der Waals surface area contributed by atoms with Gasteiger partial charge in [-0.25, -0.2) is 4.98 Å². The molecule has 17 heavy (non-hydrogen) atoms. The Morgan fingerprint density at radius 2 is 2.12 bits per heavy atom. The molecule has 88 valence electrons. The minimum absolute atomic E-state index is 0.692. The molecule has 0 radical (unpaired) electrons. The van der Waals surface area contributed by atoms with E-state index >= 15 is 0 Å². The molecule has 2 rings (SSSR count). The molecule has 0 fully saturated rings. The number of rotatable bonds is 3. The van der Waals surface area contributed by atoms with Gasteiger partial charge < -0.3 is 5.32 Å². The predicted octanol–water partition coefficient (Wildman–Crippen LogP) is 3.47. The largest absolute Gasteiger partial charge is 0.364 e. The molecule has 0 aliphatic rings. The van der Waals surface area contributed by atoms with Crippen LogP contribution >= 0.6 is 15.9 Å². The number of anilines is 1. The first-order chi connectivity index (χ1) is 8.15. The van der Waals surface area contributed by atoms with Crippen LogP contribution in [-0.4, -0.2) is 9.97 Å². The number of pyridine rings is 2. The van der Waals surface area contributed by atoms with E-state index in [9.17, 15) is 0 Å². The van der Waals surface area contributed by atoms with Crippen molar-refractivity contribution in [3.05, 3.63) is 51.9 Å². The molecule has 0 saturated heterocycles. The first kappa shape index (κ1) is 12.0. The van der Waals surface area contributed by atoms with Gasteiger partial charge in [0.25, 0.3) is 0 Å². The maximum absolute atomic E-state index is 4.44. The molecule has 0 amide bonds. The number of nitrogens with one attached hydrogen (secondary N) is 1. The fraction of sp³-hybridized carbons (Fsp3) is 0.231. The van der Waals surface area contributed by atoms with Crippen LogP contribution in [-0.2, 0) is 6.54 Å². The van der Waals surface area contributed by atoms with Crippen LogP contribution in [0.3, 0.4) is 0 Å². The second kappa shape index (κ2) is 5.27. The Morgan fingerprint density at radius 1 is 1.29 bits per heavy atom. The number of aryl methyl sites for hydroxylation is 2. The summed E-state index contributed by atoms with van der Waals surface area (Å²) in [6.45, 7) is 4.72. The quantitative estimate of drug-likeness (QED) is 0.941. The Balaban J connectivity index is 2.07. The number of halogens is 1. The molecule has 0 unspecified atom stereocenters. The van der Waals surface area contributed by atoms with Crippen molar-refractivity contribution < 1.29 is 0 Å². The van der Waals surface area contributed by atoms with Gasteiger partial charge in [0.1, 0.15) is 5.82 Å². The average Bonchev–Trinajstić information content (AvgIpc) is 2.28. The van der Waals surface area contributed by atoms with Crippen molar-refractivity contribution in [3.63, 3.8) is 0 Å². The molecule has 4 heteroatoms. The van der Waals surface area contributed by atoms with E-state index in [1.54, 1.807) is 6.20 Å². The van der Waals surface area contributed by atoms with Crippen LogP contribution in [0.4, 0.5) is 5.82 Å². The van der Waals surface area contributed by atoms with E-state index in [0.717, 1.165) is 27.2 Å². The zero-order valence-electron chi connectivity index (χ0n) is 9.87. The van der Waals surface area contributed by atoms with Gasteiger partial charge in [-0.1, -0.05) is 6.07 Å². The van der Waals surface area contributed by atoms with Gasteiger partial charge in [-0.3, -0.25) is 4.98 Å². The molecule has 0 atom stereocenters. The fourth-order valence-corrected chi connectivity index (χ4v) is 2.04. The van der Waals surface area contributed by atoms with Crippen molar-refractivity contribution in [1.82, 2.24) is 9.97 Å². The van der Waals surface area contributed by atoms with Crippen LogP contribution in [0.1, 0.15) is 17.0 Å². The van der Waals surface area contributed by atoms with E-state index in [0.29, 0.717) is 6.54 Å². The third kappa shape index (κ3) is 3.27. The van der Waals surface area contributed by atoms with Gasteiger partial charge in [-0.05, 0) is 53.5 Å². The molecule has 2 heterocycles. The van der Waals surface area contributed by atoms with Gasteiger partial charge in [0.15, 0.2) is 0 Å². The van der Waals surface area contributed by atoms with Crippen molar-refractivity contribution in [2.24, 2.45) is 0 Å². The lowest BCUT2D eigenvalue weighted by Gasteiger charge is -2.08. The van der Waals surface area contributed by atoms with Crippen LogP contribution < -0.4 is 5.32 Å². The van der Waals surface area contributed by atoms with Crippen molar-refractivity contribution in [3.8, 4) is 0 Å². The summed E-state index contributed by atoms with van der Waals surface area (Å²) in [5.74, 6) is 0.900. The van der Waals surface area contributed by atoms with Crippen molar-refractivity contribution in [1.29, 1.82) is 0 Å². The second-order valence-electron chi connectivity index (χ2n) is 3.94. The molecule has 0 aliphatic carbocycles. The smallest absolute Gasteiger partial charge is 0.129 e. The Bertz CT molecular complexity index is 526. The standard InChI is InChI=1S/C13H14BrN3/c1-9-6-11(14)7-15-13(9)16-8-12-5-3-4-10(2)17-12/h3-7H,8H2,1-2H3,(H,15,16). The lowest BCUT2D eigenvalue weighted by atomic mass is 10.2. The lowest BCUT2D eigenvalue weighted by molar-refractivity contribution is 0.999. The predicted molar refractivity (Wildman–Crippen MR) is 73.0 cm³/mol. The highest BCUT2D eigenvalue weighted by Gasteiger charge is 2.01. The third-order valence-electron chi connectivity index (χ3n) is 2.43. The molecule has 0 aromatic carbocycles. The monoisotopic (exact) mass is 291 g/mol. The number of aromatic nitrogens is 2. The summed E-state index contributed by atoms with van der Waals surface area (Å²) in [6.07, 6.45) is 1.79. The Labute approximate surface area is 109 Å². The molecular formula is C13H14BrN3. The molecule has 0 spiro atoms. The van der Waals surface area contributed by atoms with E-state index in [2.05, 4.69) is 31.2 Å². The molecule has 0 bridgehead atoms. The summed E-state index contributed by atoms with van der Waals surface area (Å²) in [5.41, 5.74) is 3.17. The van der Waals surface area contributed by atoms with E-state index in [1.807, 2.05) is 38.1 Å². The maximum atomic E-state index is 4.44. The van der Waals surface area contributed by atoms with Gasteiger partial charge in [0, 0.05) is 16.4 Å². The molecule has 2 aromatic rings. The van der Waals surface area contributed by atoms with E-state index < -0.39 is 0 Å². The van der Waals surface area contributed by atoms with Crippen molar-refractivity contribution in [2.45, 2.75) is 20.4 Å². The first-order valence-corrected chi connectivity index (χ1v) is 6.23. The highest BCUT2D eigenvalue weighted by atomic mass is 79.9. The normalized spacial score (nSPS) is 10.3. The van der Waals surface area contributed by atoms with Gasteiger partial charge in [0.05, 0.1) is 12.2 Å². The molecule has 2 aromatic heterocycles. The van der Waals surface area contributed by atoms with Crippen LogP contribution in [0.2, 0.25) is 0 Å². The summed E-state index contributed by atoms with van der Waals surface area (Å²) < 4.78 is 0.995. The van der Waals surface area contributed by atoms with Crippen molar-refractivity contribution >= 4 is 21.7 Å². The fourth-order valence-electron chi connectivity index (χ4n) is 1.60. The SMILES string of the molecule is Cc1cccc(CNc2ncc(Br)cc2C)n1. The maximum Gasteiger partial charge on any atom is 0.129 e. The van der Waals surface area contributed by atoms with Gasteiger partial charge in [0.2, 0.25) is 0 Å². The second-order valence-corrected chi connectivity index (χ2v) is 4.86. The zero-order valence-corrected chi connectivity index (χ0v) is 11.5. The number of hydrogen-bond acceptors (Lipinski definition) is 3. The molecule has 0 saturated carbocycles. The zero-order chi connectivity index (χ0) is 12.3. The van der Waals surface area contributed by atoms with Crippen molar-refractivity contribution in [2.75, 3.05) is 5.32 Å². The molecule has 1 N–H and O–H groups in total. The van der Waals surface area contributed by atoms with Gasteiger partial charge in [-0.2, -0.15) is 0 Å². The van der Waals surface area contributed by atoms with Crippen LogP contribution in [0, 0.1) is 13.8 Å². The highest BCUT2D eigenvalue weighted by Crippen LogP contribution is 2.17. The van der Waals surface area contributed by atoms with Crippen LogP contribution in [0.25, 0.3) is 0 Å².